The Balaban J connectivity index is 1.54. The molecule has 3 atom stereocenters. The van der Waals surface area contributed by atoms with E-state index in [-0.39, 0.29) is 17.0 Å². The van der Waals surface area contributed by atoms with E-state index in [1.807, 2.05) is 13.0 Å². The minimum absolute atomic E-state index is 0.0421. The van der Waals surface area contributed by atoms with Crippen molar-refractivity contribution in [2.45, 2.75) is 31.5 Å². The molecule has 4 rings (SSSR count). The van der Waals surface area contributed by atoms with Gasteiger partial charge >= 0.3 is 5.97 Å². The Bertz CT molecular complexity index is 867. The third-order valence-electron chi connectivity index (χ3n) is 4.63. The van der Waals surface area contributed by atoms with E-state index in [0.717, 1.165) is 10.7 Å². The molecular weight excluding hydrogens is 404 g/mol. The van der Waals surface area contributed by atoms with E-state index in [2.05, 4.69) is 10.5 Å². The standard InChI is InChI=1S/C16H20N6O4S2/c1-7-3-11(22-10(18-7)4-20(19-22)8(2)23)27-5-9-6-28-15-12(17)14(24)21(15)13(9)16(25)26/h3-4,8,12,15,19,23H,5-6,17H2,1-2H3,(H,25,26)/t8-,12?,15+/m0/s1. The second-order valence-electron chi connectivity index (χ2n) is 6.68. The maximum absolute atomic E-state index is 12.1. The fraction of sp³-hybridized carbons (Fsp3) is 0.438. The number of hydrogen-bond donors (Lipinski definition) is 4. The molecular formula is C16H20N6O4S2. The summed E-state index contributed by atoms with van der Waals surface area (Å²) in [7, 11) is 0. The number of hydrogen-bond acceptors (Lipinski definition) is 10. The van der Waals surface area contributed by atoms with Crippen LogP contribution in [-0.4, -0.2) is 71.9 Å². The molecule has 1 saturated heterocycles. The monoisotopic (exact) mass is 424 g/mol. The smallest absolute Gasteiger partial charge is 0.352 e. The fourth-order valence-corrected chi connectivity index (χ4v) is 5.73. The van der Waals surface area contributed by atoms with Crippen LogP contribution in [0.15, 0.2) is 39.4 Å². The Kier molecular flexibility index (Phi) is 4.91. The molecule has 1 fully saturated rings. The quantitative estimate of drug-likeness (QED) is 0.439. The molecule has 28 heavy (non-hydrogen) atoms. The van der Waals surface area contributed by atoms with Gasteiger partial charge in [-0.1, -0.05) is 0 Å². The number of aliphatic hydroxyl groups is 1. The first kappa shape index (κ1) is 19.3. The van der Waals surface area contributed by atoms with Crippen molar-refractivity contribution in [1.82, 2.24) is 20.5 Å². The highest BCUT2D eigenvalue weighted by Gasteiger charge is 2.51. The number of nitrogens with one attached hydrogen (secondary N) is 1. The Labute approximate surface area is 169 Å². The number of allylic oxidation sites excluding steroid dienone is 1. The number of nitrogens with two attached hydrogens (primary N) is 1. The molecule has 0 aromatic rings. The van der Waals surface area contributed by atoms with E-state index in [4.69, 9.17) is 5.73 Å². The first-order valence-electron chi connectivity index (χ1n) is 8.58. The average molecular weight is 425 g/mol. The van der Waals surface area contributed by atoms with Crippen molar-refractivity contribution in [2.75, 3.05) is 11.5 Å². The number of aliphatic imine (C=N–C) groups is 1. The van der Waals surface area contributed by atoms with Gasteiger partial charge in [0.2, 0.25) is 5.91 Å². The van der Waals surface area contributed by atoms with Crippen LogP contribution in [0.2, 0.25) is 0 Å². The predicted molar refractivity (Wildman–Crippen MR) is 106 cm³/mol. The number of carbonyl (C=O) groups is 2. The number of carboxylic acid groups (broad SMARTS) is 1. The van der Waals surface area contributed by atoms with Crippen LogP contribution in [0.3, 0.4) is 0 Å². The molecule has 4 aliphatic heterocycles. The highest BCUT2D eigenvalue weighted by molar-refractivity contribution is 8.03. The Hall–Kier alpha value is -1.99. The van der Waals surface area contributed by atoms with Crippen LogP contribution in [0.1, 0.15) is 13.8 Å². The van der Waals surface area contributed by atoms with Crippen molar-refractivity contribution in [1.29, 1.82) is 0 Å². The fourth-order valence-electron chi connectivity index (χ4n) is 3.22. The lowest BCUT2D eigenvalue weighted by Gasteiger charge is -2.48. The molecule has 0 radical (unpaired) electrons. The van der Waals surface area contributed by atoms with E-state index < -0.39 is 18.2 Å². The molecule has 0 bridgehead atoms. The zero-order chi connectivity index (χ0) is 20.2. The Morgan fingerprint density at radius 2 is 2.32 bits per heavy atom. The van der Waals surface area contributed by atoms with Crippen LogP contribution in [0.5, 0.6) is 0 Å². The van der Waals surface area contributed by atoms with E-state index in [1.54, 1.807) is 18.1 Å². The van der Waals surface area contributed by atoms with Crippen LogP contribution < -0.4 is 11.3 Å². The molecule has 0 spiro atoms. The number of carboxylic acids is 1. The number of aliphatic hydroxyl groups excluding tert-OH is 1. The zero-order valence-corrected chi connectivity index (χ0v) is 16.8. The van der Waals surface area contributed by atoms with Gasteiger partial charge in [-0.3, -0.25) is 14.7 Å². The summed E-state index contributed by atoms with van der Waals surface area (Å²) in [5.74, 6) is 0.0811. The van der Waals surface area contributed by atoms with Gasteiger partial charge in [0.25, 0.3) is 0 Å². The molecule has 4 aliphatic rings. The maximum atomic E-state index is 12.1. The van der Waals surface area contributed by atoms with E-state index >= 15 is 0 Å². The summed E-state index contributed by atoms with van der Waals surface area (Å²) in [5.41, 5.74) is 10.3. The lowest BCUT2D eigenvalue weighted by Crippen LogP contribution is -2.68. The Morgan fingerprint density at radius 3 is 3.00 bits per heavy atom. The highest BCUT2D eigenvalue weighted by Crippen LogP contribution is 2.41. The lowest BCUT2D eigenvalue weighted by molar-refractivity contribution is -0.147. The second kappa shape index (κ2) is 7.12. The zero-order valence-electron chi connectivity index (χ0n) is 15.2. The number of rotatable bonds is 5. The minimum atomic E-state index is -1.11. The normalized spacial score (nSPS) is 27.6. The van der Waals surface area contributed by atoms with Crippen LogP contribution in [0.4, 0.5) is 0 Å². The summed E-state index contributed by atoms with van der Waals surface area (Å²) in [6.45, 7) is 3.50. The van der Waals surface area contributed by atoms with Crippen molar-refractivity contribution in [3.8, 4) is 0 Å². The molecule has 1 unspecified atom stereocenters. The van der Waals surface area contributed by atoms with E-state index in [1.165, 1.54) is 33.4 Å². The number of aliphatic carboxylic acids is 1. The maximum Gasteiger partial charge on any atom is 0.352 e. The van der Waals surface area contributed by atoms with Crippen LogP contribution in [-0.2, 0) is 9.59 Å². The molecule has 1 amide bonds. The third kappa shape index (κ3) is 3.10. The van der Waals surface area contributed by atoms with Gasteiger partial charge in [0.15, 0.2) is 5.82 Å². The molecule has 10 nitrogen and oxygen atoms in total. The third-order valence-corrected chi connectivity index (χ3v) is 7.08. The largest absolute Gasteiger partial charge is 0.477 e. The molecule has 0 saturated carbocycles. The number of hydrazine groups is 2. The van der Waals surface area contributed by atoms with Gasteiger partial charge in [0.1, 0.15) is 23.3 Å². The van der Waals surface area contributed by atoms with Crippen LogP contribution in [0.25, 0.3) is 0 Å². The van der Waals surface area contributed by atoms with Gasteiger partial charge in [-0.25, -0.2) is 14.8 Å². The van der Waals surface area contributed by atoms with Crippen molar-refractivity contribution < 1.29 is 19.8 Å². The van der Waals surface area contributed by atoms with Gasteiger partial charge in [-0.2, -0.15) is 0 Å². The number of β-lactam (4-membered cyclic amide) rings is 1. The van der Waals surface area contributed by atoms with Crippen molar-refractivity contribution in [3.63, 3.8) is 0 Å². The van der Waals surface area contributed by atoms with Crippen LogP contribution in [0, 0.1) is 0 Å². The second-order valence-corrected chi connectivity index (χ2v) is 8.78. The summed E-state index contributed by atoms with van der Waals surface area (Å²) < 4.78 is 0. The average Bonchev–Trinajstić information content (AvgIpc) is 3.08. The van der Waals surface area contributed by atoms with Gasteiger partial charge in [-0.05, 0) is 25.5 Å². The van der Waals surface area contributed by atoms with Crippen molar-refractivity contribution in [3.05, 3.63) is 34.4 Å². The lowest BCUT2D eigenvalue weighted by atomic mass is 10.0. The topological polar surface area (TPSA) is 135 Å². The highest BCUT2D eigenvalue weighted by atomic mass is 32.2. The molecule has 150 valence electrons. The van der Waals surface area contributed by atoms with Gasteiger partial charge < -0.3 is 15.9 Å². The summed E-state index contributed by atoms with van der Waals surface area (Å²) in [4.78, 5) is 29.6. The summed E-state index contributed by atoms with van der Waals surface area (Å²) in [5, 5.41) is 23.2. The molecule has 5 N–H and O–H groups in total. The number of thioether (sulfide) groups is 2. The van der Waals surface area contributed by atoms with E-state index in [9.17, 15) is 19.8 Å². The predicted octanol–water partition coefficient (Wildman–Crippen LogP) is -0.209. The van der Waals surface area contributed by atoms with Gasteiger partial charge in [0, 0.05) is 17.2 Å². The van der Waals surface area contributed by atoms with Crippen molar-refractivity contribution in [2.24, 2.45) is 10.7 Å². The molecule has 0 aliphatic carbocycles. The van der Waals surface area contributed by atoms with Gasteiger partial charge in [0.05, 0.1) is 11.2 Å². The van der Waals surface area contributed by atoms with E-state index in [0.29, 0.717) is 22.9 Å². The number of fused-ring (bicyclic) bond motifs is 2. The Morgan fingerprint density at radius 1 is 1.57 bits per heavy atom. The first-order valence-corrected chi connectivity index (χ1v) is 10.6. The van der Waals surface area contributed by atoms with Crippen LogP contribution >= 0.6 is 23.5 Å². The minimum Gasteiger partial charge on any atom is -0.477 e. The summed E-state index contributed by atoms with van der Waals surface area (Å²) >= 11 is 2.92. The molecule has 0 aromatic carbocycles. The number of amides is 1. The number of carbonyl (C=O) groups excluding carboxylic acids is 1. The summed E-state index contributed by atoms with van der Waals surface area (Å²) in [6.07, 6.45) is 2.84. The first-order chi connectivity index (χ1) is 13.3. The van der Waals surface area contributed by atoms with Gasteiger partial charge in [-0.15, -0.1) is 29.1 Å². The molecule has 0 aromatic heterocycles. The SMILES string of the molecule is CC1=NC2=CN([C@H](C)O)NN2C(SCC2=C(C(=O)O)N3C(=O)C(N)[C@H]3SC2)=C1. The number of nitrogens with zero attached hydrogens (tertiary/aromatic N) is 4. The summed E-state index contributed by atoms with van der Waals surface area (Å²) in [6, 6.07) is -0.638. The van der Waals surface area contributed by atoms with Crippen molar-refractivity contribution >= 4 is 41.1 Å². The molecule has 4 heterocycles. The molecule has 12 heteroatoms.